The molecule has 0 heterocycles. The third kappa shape index (κ3) is 4.00. The lowest BCUT2D eigenvalue weighted by Crippen LogP contribution is -2.34. The van der Waals surface area contributed by atoms with Crippen LogP contribution in [-0.2, 0) is 24.5 Å². The number of ether oxygens (including phenoxy) is 3. The van der Waals surface area contributed by atoms with E-state index in [0.717, 1.165) is 5.56 Å². The van der Waals surface area contributed by atoms with Crippen molar-refractivity contribution in [1.82, 2.24) is 0 Å². The van der Waals surface area contributed by atoms with Crippen LogP contribution in [0.3, 0.4) is 0 Å². The fourth-order valence-corrected chi connectivity index (χ4v) is 2.05. The number of rotatable bonds is 6. The first kappa shape index (κ1) is 18.0. The molecule has 0 amide bonds. The standard InChI is InChI=1S/C17H24O5/c1-11(2)14(15(18)20-5)22-13-9-7-8-12(10-13)17(3,4)16(19)21-6/h7-11,14H,1-6H3/t14-/m1/s1. The van der Waals surface area contributed by atoms with Crippen molar-refractivity contribution in [2.75, 3.05) is 14.2 Å². The van der Waals surface area contributed by atoms with Crippen molar-refractivity contribution in [3.05, 3.63) is 29.8 Å². The highest BCUT2D eigenvalue weighted by molar-refractivity contribution is 5.82. The zero-order valence-corrected chi connectivity index (χ0v) is 14.0. The molecule has 1 atom stereocenters. The molecule has 0 radical (unpaired) electrons. The van der Waals surface area contributed by atoms with Crippen molar-refractivity contribution in [3.63, 3.8) is 0 Å². The second-order valence-electron chi connectivity index (χ2n) is 5.95. The summed E-state index contributed by atoms with van der Waals surface area (Å²) in [6.07, 6.45) is -0.693. The molecule has 0 aliphatic rings. The average molecular weight is 308 g/mol. The third-order valence-electron chi connectivity index (χ3n) is 3.55. The van der Waals surface area contributed by atoms with Crippen LogP contribution in [-0.4, -0.2) is 32.3 Å². The predicted molar refractivity (Wildman–Crippen MR) is 82.8 cm³/mol. The fourth-order valence-electron chi connectivity index (χ4n) is 2.05. The summed E-state index contributed by atoms with van der Waals surface area (Å²) < 4.78 is 15.3. The number of hydrogen-bond acceptors (Lipinski definition) is 5. The van der Waals surface area contributed by atoms with Crippen LogP contribution in [0.1, 0.15) is 33.3 Å². The first-order chi connectivity index (χ1) is 10.2. The summed E-state index contributed by atoms with van der Waals surface area (Å²) in [5.41, 5.74) is -0.0450. The van der Waals surface area contributed by atoms with Crippen molar-refractivity contribution < 1.29 is 23.8 Å². The molecule has 0 saturated carbocycles. The Kier molecular flexibility index (Phi) is 5.97. The summed E-state index contributed by atoms with van der Waals surface area (Å²) in [6, 6.07) is 7.10. The summed E-state index contributed by atoms with van der Waals surface area (Å²) >= 11 is 0. The predicted octanol–water partition coefficient (Wildman–Crippen LogP) is 2.71. The van der Waals surface area contributed by atoms with E-state index in [1.165, 1.54) is 14.2 Å². The lowest BCUT2D eigenvalue weighted by Gasteiger charge is -2.24. The monoisotopic (exact) mass is 308 g/mol. The van der Waals surface area contributed by atoms with E-state index in [1.807, 2.05) is 19.9 Å². The molecule has 1 aromatic carbocycles. The lowest BCUT2D eigenvalue weighted by atomic mass is 9.84. The molecule has 0 bridgehead atoms. The van der Waals surface area contributed by atoms with Gasteiger partial charge in [0.05, 0.1) is 19.6 Å². The number of benzene rings is 1. The number of carbonyl (C=O) groups excluding carboxylic acids is 2. The van der Waals surface area contributed by atoms with Crippen LogP contribution in [0.25, 0.3) is 0 Å². The molecule has 1 rings (SSSR count). The quantitative estimate of drug-likeness (QED) is 0.756. The van der Waals surface area contributed by atoms with Gasteiger partial charge >= 0.3 is 11.9 Å². The summed E-state index contributed by atoms with van der Waals surface area (Å²) in [6.45, 7) is 7.31. The molecule has 0 fully saturated rings. The van der Waals surface area contributed by atoms with Gasteiger partial charge in [0.25, 0.3) is 0 Å². The highest BCUT2D eigenvalue weighted by atomic mass is 16.6. The van der Waals surface area contributed by atoms with Gasteiger partial charge in [-0.2, -0.15) is 0 Å². The van der Waals surface area contributed by atoms with Gasteiger partial charge in [-0.05, 0) is 31.5 Å². The maximum absolute atomic E-state index is 11.9. The van der Waals surface area contributed by atoms with E-state index in [0.29, 0.717) is 5.75 Å². The van der Waals surface area contributed by atoms with Crippen LogP contribution in [0.2, 0.25) is 0 Å². The summed E-state index contributed by atoms with van der Waals surface area (Å²) in [5, 5.41) is 0. The Balaban J connectivity index is 3.06. The van der Waals surface area contributed by atoms with Crippen LogP contribution in [0.5, 0.6) is 5.75 Å². The third-order valence-corrected chi connectivity index (χ3v) is 3.55. The Bertz CT molecular complexity index is 534. The SMILES string of the molecule is COC(=O)[C@H](Oc1cccc(C(C)(C)C(=O)OC)c1)C(C)C. The van der Waals surface area contributed by atoms with Gasteiger partial charge in [0, 0.05) is 5.92 Å². The molecular weight excluding hydrogens is 284 g/mol. The number of carbonyl (C=O) groups is 2. The van der Waals surface area contributed by atoms with Crippen LogP contribution >= 0.6 is 0 Å². The molecule has 0 aliphatic carbocycles. The first-order valence-corrected chi connectivity index (χ1v) is 7.17. The second kappa shape index (κ2) is 7.29. The number of esters is 2. The van der Waals surface area contributed by atoms with E-state index in [-0.39, 0.29) is 11.9 Å². The molecule has 122 valence electrons. The Morgan fingerprint density at radius 3 is 2.23 bits per heavy atom. The van der Waals surface area contributed by atoms with Crippen LogP contribution in [0.4, 0.5) is 0 Å². The number of methoxy groups -OCH3 is 2. The van der Waals surface area contributed by atoms with Crippen molar-refractivity contribution >= 4 is 11.9 Å². The smallest absolute Gasteiger partial charge is 0.347 e. The van der Waals surface area contributed by atoms with Gasteiger partial charge < -0.3 is 14.2 Å². The molecule has 0 spiro atoms. The molecule has 0 aliphatic heterocycles. The molecule has 22 heavy (non-hydrogen) atoms. The summed E-state index contributed by atoms with van der Waals surface area (Å²) in [7, 11) is 2.69. The molecule has 0 N–H and O–H groups in total. The van der Waals surface area contributed by atoms with Gasteiger partial charge in [0.15, 0.2) is 6.10 Å². The summed E-state index contributed by atoms with van der Waals surface area (Å²) in [5.74, 6) is -0.283. The normalized spacial score (nSPS) is 12.7. The Morgan fingerprint density at radius 2 is 1.73 bits per heavy atom. The van der Waals surface area contributed by atoms with Crippen LogP contribution in [0, 0.1) is 5.92 Å². The minimum absolute atomic E-state index is 0.0373. The zero-order chi connectivity index (χ0) is 16.9. The molecule has 5 heteroatoms. The highest BCUT2D eigenvalue weighted by Gasteiger charge is 2.32. The minimum Gasteiger partial charge on any atom is -0.478 e. The van der Waals surface area contributed by atoms with Gasteiger partial charge in [0.1, 0.15) is 5.75 Å². The second-order valence-corrected chi connectivity index (χ2v) is 5.95. The molecular formula is C17H24O5. The van der Waals surface area contributed by atoms with Crippen molar-refractivity contribution in [3.8, 4) is 5.75 Å². The maximum Gasteiger partial charge on any atom is 0.347 e. The Labute approximate surface area is 131 Å². The molecule has 5 nitrogen and oxygen atoms in total. The van der Waals surface area contributed by atoms with Crippen molar-refractivity contribution in [2.24, 2.45) is 5.92 Å². The highest BCUT2D eigenvalue weighted by Crippen LogP contribution is 2.28. The Hall–Kier alpha value is -2.04. The van der Waals surface area contributed by atoms with E-state index >= 15 is 0 Å². The lowest BCUT2D eigenvalue weighted by molar-refractivity contribution is -0.151. The number of hydrogen-bond donors (Lipinski definition) is 0. The molecule has 0 aromatic heterocycles. The fraction of sp³-hybridized carbons (Fsp3) is 0.529. The topological polar surface area (TPSA) is 61.8 Å². The first-order valence-electron chi connectivity index (χ1n) is 7.17. The molecule has 0 saturated heterocycles. The molecule has 1 aromatic rings. The van der Waals surface area contributed by atoms with Crippen molar-refractivity contribution in [2.45, 2.75) is 39.2 Å². The van der Waals surface area contributed by atoms with Gasteiger partial charge in [-0.3, -0.25) is 4.79 Å². The van der Waals surface area contributed by atoms with E-state index in [9.17, 15) is 9.59 Å². The Morgan fingerprint density at radius 1 is 1.09 bits per heavy atom. The largest absolute Gasteiger partial charge is 0.478 e. The van der Waals surface area contributed by atoms with E-state index in [1.54, 1.807) is 32.0 Å². The van der Waals surface area contributed by atoms with E-state index < -0.39 is 17.5 Å². The molecule has 0 unspecified atom stereocenters. The van der Waals surface area contributed by atoms with Gasteiger partial charge in [0.2, 0.25) is 0 Å². The van der Waals surface area contributed by atoms with Crippen LogP contribution < -0.4 is 4.74 Å². The van der Waals surface area contributed by atoms with Crippen LogP contribution in [0.15, 0.2) is 24.3 Å². The average Bonchev–Trinajstić information content (AvgIpc) is 2.50. The summed E-state index contributed by atoms with van der Waals surface area (Å²) in [4.78, 5) is 23.7. The van der Waals surface area contributed by atoms with Crippen molar-refractivity contribution in [1.29, 1.82) is 0 Å². The van der Waals surface area contributed by atoms with Gasteiger partial charge in [-0.25, -0.2) is 4.79 Å². The maximum atomic E-state index is 11.9. The minimum atomic E-state index is -0.799. The van der Waals surface area contributed by atoms with Gasteiger partial charge in [-0.1, -0.05) is 26.0 Å². The van der Waals surface area contributed by atoms with E-state index in [2.05, 4.69) is 0 Å². The van der Waals surface area contributed by atoms with Gasteiger partial charge in [-0.15, -0.1) is 0 Å². The zero-order valence-electron chi connectivity index (χ0n) is 14.0. The van der Waals surface area contributed by atoms with E-state index in [4.69, 9.17) is 14.2 Å².